The number of nitrogen functional groups attached to an aromatic ring is 1. The van der Waals surface area contributed by atoms with Crippen LogP contribution in [-0.4, -0.2) is 61.8 Å². The highest BCUT2D eigenvalue weighted by Gasteiger charge is 2.25. The molecule has 0 atom stereocenters. The topological polar surface area (TPSA) is 93.7 Å². The van der Waals surface area contributed by atoms with Crippen LogP contribution in [0.5, 0.6) is 11.5 Å². The normalized spacial score (nSPS) is 12.8. The molecule has 222 valence electrons. The van der Waals surface area contributed by atoms with Gasteiger partial charge in [-0.1, -0.05) is 39.8 Å². The molecule has 5 rings (SSSR count). The van der Waals surface area contributed by atoms with Crippen molar-refractivity contribution in [3.63, 3.8) is 0 Å². The van der Waals surface area contributed by atoms with Gasteiger partial charge < -0.3 is 25.0 Å². The number of ether oxygens (including phenoxy) is 2. The van der Waals surface area contributed by atoms with Gasteiger partial charge in [-0.2, -0.15) is 5.10 Å². The highest BCUT2D eigenvalue weighted by atomic mass is 16.5. The number of anilines is 3. The second-order valence-corrected chi connectivity index (χ2v) is 9.52. The molecule has 1 aliphatic rings. The molecule has 4 aromatic rings. The van der Waals surface area contributed by atoms with Crippen LogP contribution < -0.4 is 30.3 Å². The Bertz CT molecular complexity index is 1430. The van der Waals surface area contributed by atoms with E-state index in [9.17, 15) is 0 Å². The van der Waals surface area contributed by atoms with Crippen molar-refractivity contribution in [2.24, 2.45) is 0 Å². The van der Waals surface area contributed by atoms with E-state index in [1.807, 2.05) is 70.6 Å². The summed E-state index contributed by atoms with van der Waals surface area (Å²) in [6.07, 6.45) is 2.05. The van der Waals surface area contributed by atoms with E-state index < -0.39 is 0 Å². The van der Waals surface area contributed by atoms with Crippen LogP contribution in [-0.2, 0) is 0 Å². The molecule has 9 nitrogen and oxygen atoms in total. The molecule has 9 heteroatoms. The van der Waals surface area contributed by atoms with Crippen molar-refractivity contribution in [3.05, 3.63) is 59.4 Å². The number of benzene rings is 2. The summed E-state index contributed by atoms with van der Waals surface area (Å²) >= 11 is 0. The maximum absolute atomic E-state index is 6.71. The zero-order valence-corrected chi connectivity index (χ0v) is 26.2. The summed E-state index contributed by atoms with van der Waals surface area (Å²) in [7, 11) is 3.48. The largest absolute Gasteiger partial charge is 0.494 e. The van der Waals surface area contributed by atoms with E-state index in [1.54, 1.807) is 7.11 Å². The van der Waals surface area contributed by atoms with Crippen molar-refractivity contribution < 1.29 is 9.47 Å². The number of hydrogen-bond donors (Lipinski definition) is 2. The quantitative estimate of drug-likeness (QED) is 0.271. The Kier molecular flexibility index (Phi) is 11.2. The fraction of sp³-hybridized carbons (Fsp3) is 0.438. The number of nitrogens with one attached hydrogen (secondary N) is 1. The number of methoxy groups -OCH3 is 1. The van der Waals surface area contributed by atoms with Crippen molar-refractivity contribution in [2.75, 3.05) is 62.6 Å². The van der Waals surface area contributed by atoms with Crippen molar-refractivity contribution in [1.82, 2.24) is 20.1 Å². The predicted molar refractivity (Wildman–Crippen MR) is 172 cm³/mol. The molecule has 3 N–H and O–H groups in total. The number of hydrogen-bond acceptors (Lipinski definition) is 8. The molecule has 3 heterocycles. The summed E-state index contributed by atoms with van der Waals surface area (Å²) in [6.45, 7) is 18.2. The molecule has 0 unspecified atom stereocenters. The monoisotopic (exact) mass is 561 g/mol. The van der Waals surface area contributed by atoms with Gasteiger partial charge in [0.15, 0.2) is 5.82 Å². The Balaban J connectivity index is 0.00000111. The van der Waals surface area contributed by atoms with Crippen molar-refractivity contribution in [3.8, 4) is 17.2 Å². The first-order chi connectivity index (χ1) is 19.9. The number of nitrogens with two attached hydrogens (primary N) is 1. The minimum Gasteiger partial charge on any atom is -0.494 e. The molecule has 2 aromatic carbocycles. The number of fused-ring (bicyclic) bond motifs is 1. The Labute approximate surface area is 245 Å². The van der Waals surface area contributed by atoms with E-state index in [-0.39, 0.29) is 0 Å². The van der Waals surface area contributed by atoms with Gasteiger partial charge >= 0.3 is 0 Å². The summed E-state index contributed by atoms with van der Waals surface area (Å²) < 4.78 is 13.3. The Morgan fingerprint density at radius 1 is 0.878 bits per heavy atom. The molecular formula is C32H47N7O2. The van der Waals surface area contributed by atoms with Gasteiger partial charge in [-0.25, -0.2) is 0 Å². The van der Waals surface area contributed by atoms with E-state index in [4.69, 9.17) is 15.2 Å². The van der Waals surface area contributed by atoms with Crippen molar-refractivity contribution >= 4 is 28.1 Å². The first-order valence-electron chi connectivity index (χ1n) is 14.6. The van der Waals surface area contributed by atoms with Gasteiger partial charge in [-0.3, -0.25) is 9.88 Å². The van der Waals surface area contributed by atoms with Gasteiger partial charge in [0.1, 0.15) is 24.0 Å². The van der Waals surface area contributed by atoms with E-state index in [0.29, 0.717) is 24.0 Å². The molecule has 1 fully saturated rings. The molecule has 0 amide bonds. The third-order valence-electron chi connectivity index (χ3n) is 7.02. The van der Waals surface area contributed by atoms with Crippen LogP contribution in [0.25, 0.3) is 16.5 Å². The maximum atomic E-state index is 6.71. The van der Waals surface area contributed by atoms with Crippen LogP contribution in [0.3, 0.4) is 0 Å². The van der Waals surface area contributed by atoms with Gasteiger partial charge in [0.25, 0.3) is 0 Å². The zero-order chi connectivity index (χ0) is 30.1. The second kappa shape index (κ2) is 14.6. The molecule has 1 aliphatic heterocycles. The summed E-state index contributed by atoms with van der Waals surface area (Å²) in [6, 6.07) is 12.4. The number of aromatic nitrogens is 3. The SMILES string of the molecule is CC.CC.CNCOc1ccc(-n2cc3c(N4CCN(c5cc(C)ccc5C)CC4)nnc(C)c3c2N)c(OC)c1. The molecule has 0 bridgehead atoms. The van der Waals surface area contributed by atoms with Crippen LogP contribution in [0, 0.1) is 20.8 Å². The standard InChI is InChI=1S/C28H35N7O2.2C2H6/c1-18-6-7-19(2)24(14-18)33-10-12-34(13-11-33)28-22-16-35(27(29)26(22)20(3)31-32-28)23-9-8-21(37-17-30-4)15-25(23)36-5;2*1-2/h6-9,14-16,30H,10-13,17,29H2,1-5H3;2*1-2H3. The van der Waals surface area contributed by atoms with Crippen molar-refractivity contribution in [2.45, 2.75) is 48.5 Å². The van der Waals surface area contributed by atoms with E-state index in [0.717, 1.165) is 54.2 Å². The zero-order valence-electron chi connectivity index (χ0n) is 26.2. The van der Waals surface area contributed by atoms with Gasteiger partial charge in [0.05, 0.1) is 23.9 Å². The van der Waals surface area contributed by atoms with Gasteiger partial charge in [-0.05, 0) is 57.1 Å². The van der Waals surface area contributed by atoms with Crippen LogP contribution in [0.4, 0.5) is 17.3 Å². The predicted octanol–water partition coefficient (Wildman–Crippen LogP) is 5.87. The number of aryl methyl sites for hydroxylation is 3. The van der Waals surface area contributed by atoms with E-state index >= 15 is 0 Å². The van der Waals surface area contributed by atoms with Gasteiger partial charge in [-0.15, -0.1) is 5.10 Å². The van der Waals surface area contributed by atoms with E-state index in [2.05, 4.69) is 57.4 Å². The Morgan fingerprint density at radius 3 is 2.22 bits per heavy atom. The number of rotatable bonds is 7. The van der Waals surface area contributed by atoms with Gasteiger partial charge in [0, 0.05) is 49.5 Å². The molecule has 0 radical (unpaired) electrons. The smallest absolute Gasteiger partial charge is 0.160 e. The van der Waals surface area contributed by atoms with Crippen LogP contribution >= 0.6 is 0 Å². The lowest BCUT2D eigenvalue weighted by Crippen LogP contribution is -2.47. The summed E-state index contributed by atoms with van der Waals surface area (Å²) in [5.74, 6) is 2.86. The number of nitrogens with zero attached hydrogens (tertiary/aromatic N) is 5. The lowest BCUT2D eigenvalue weighted by atomic mass is 10.1. The Morgan fingerprint density at radius 2 is 1.56 bits per heavy atom. The van der Waals surface area contributed by atoms with E-state index in [1.165, 1.54) is 16.8 Å². The summed E-state index contributed by atoms with van der Waals surface area (Å²) in [5, 5.41) is 14.0. The molecule has 0 saturated carbocycles. The van der Waals surface area contributed by atoms with Crippen LogP contribution in [0.15, 0.2) is 42.6 Å². The van der Waals surface area contributed by atoms with Crippen molar-refractivity contribution in [1.29, 1.82) is 0 Å². The molecule has 1 saturated heterocycles. The maximum Gasteiger partial charge on any atom is 0.160 e. The molecule has 41 heavy (non-hydrogen) atoms. The molecule has 0 aliphatic carbocycles. The van der Waals surface area contributed by atoms with Crippen LogP contribution in [0.1, 0.15) is 44.5 Å². The molecular weight excluding hydrogens is 514 g/mol. The third kappa shape index (κ3) is 6.68. The fourth-order valence-corrected chi connectivity index (χ4v) is 5.05. The Hall–Kier alpha value is -3.98. The fourth-order valence-electron chi connectivity index (χ4n) is 5.05. The number of piperazine rings is 1. The first kappa shape index (κ1) is 31.5. The third-order valence-corrected chi connectivity index (χ3v) is 7.02. The minimum absolute atomic E-state index is 0.411. The molecule has 2 aromatic heterocycles. The average Bonchev–Trinajstić information content (AvgIpc) is 3.37. The summed E-state index contributed by atoms with van der Waals surface area (Å²) in [5.41, 5.74) is 12.2. The van der Waals surface area contributed by atoms with Gasteiger partial charge in [0.2, 0.25) is 0 Å². The summed E-state index contributed by atoms with van der Waals surface area (Å²) in [4.78, 5) is 4.77. The second-order valence-electron chi connectivity index (χ2n) is 9.52. The molecule has 0 spiro atoms. The lowest BCUT2D eigenvalue weighted by Gasteiger charge is -2.37. The lowest BCUT2D eigenvalue weighted by molar-refractivity contribution is 0.294. The highest BCUT2D eigenvalue weighted by molar-refractivity contribution is 6.01. The average molecular weight is 562 g/mol. The first-order valence-corrected chi connectivity index (χ1v) is 14.6. The van der Waals surface area contributed by atoms with Crippen LogP contribution in [0.2, 0.25) is 0 Å². The minimum atomic E-state index is 0.411. The highest BCUT2D eigenvalue weighted by Crippen LogP contribution is 2.37.